The van der Waals surface area contributed by atoms with Crippen molar-refractivity contribution in [3.8, 4) is 5.75 Å². The van der Waals surface area contributed by atoms with Gasteiger partial charge in [0, 0.05) is 6.04 Å². The standard InChI is InChI=1S/C20H23NO3/c1-15-8-13-19(21(15)20(22)23-2)17-9-11-18(12-10-17)24-14-16-6-4-3-5-7-16/h3-7,9-12,15,19H,8,13-14H2,1-2H3/t15?,19-/m1/s1. The van der Waals surface area contributed by atoms with Crippen LogP contribution in [0.2, 0.25) is 0 Å². The van der Waals surface area contributed by atoms with Crippen molar-refractivity contribution in [2.24, 2.45) is 0 Å². The fourth-order valence-electron chi connectivity index (χ4n) is 3.25. The Morgan fingerprint density at radius 1 is 1.08 bits per heavy atom. The monoisotopic (exact) mass is 325 g/mol. The fraction of sp³-hybridized carbons (Fsp3) is 0.350. The lowest BCUT2D eigenvalue weighted by molar-refractivity contribution is 0.105. The first-order chi connectivity index (χ1) is 11.7. The second-order valence-electron chi connectivity index (χ2n) is 6.16. The smallest absolute Gasteiger partial charge is 0.410 e. The Labute approximate surface area is 143 Å². The van der Waals surface area contributed by atoms with Crippen LogP contribution in [0.4, 0.5) is 4.79 Å². The molecule has 0 aromatic heterocycles. The van der Waals surface area contributed by atoms with Crippen LogP contribution in [0.3, 0.4) is 0 Å². The van der Waals surface area contributed by atoms with Gasteiger partial charge in [-0.25, -0.2) is 4.79 Å². The summed E-state index contributed by atoms with van der Waals surface area (Å²) in [6.45, 7) is 2.61. The van der Waals surface area contributed by atoms with E-state index in [0.29, 0.717) is 6.61 Å². The van der Waals surface area contributed by atoms with Gasteiger partial charge in [-0.2, -0.15) is 0 Å². The van der Waals surface area contributed by atoms with Gasteiger partial charge < -0.3 is 9.47 Å². The molecule has 0 radical (unpaired) electrons. The molecule has 1 amide bonds. The van der Waals surface area contributed by atoms with Crippen LogP contribution in [-0.2, 0) is 11.3 Å². The molecule has 0 bridgehead atoms. The van der Waals surface area contributed by atoms with Crippen LogP contribution in [0, 0.1) is 0 Å². The van der Waals surface area contributed by atoms with Crippen LogP contribution in [0.15, 0.2) is 54.6 Å². The van der Waals surface area contributed by atoms with Gasteiger partial charge in [-0.1, -0.05) is 42.5 Å². The zero-order chi connectivity index (χ0) is 16.9. The van der Waals surface area contributed by atoms with E-state index in [1.54, 1.807) is 0 Å². The number of amides is 1. The van der Waals surface area contributed by atoms with Crippen molar-refractivity contribution >= 4 is 6.09 Å². The summed E-state index contributed by atoms with van der Waals surface area (Å²) < 4.78 is 10.8. The first-order valence-electron chi connectivity index (χ1n) is 8.32. The molecule has 1 heterocycles. The van der Waals surface area contributed by atoms with E-state index in [1.165, 1.54) is 7.11 Å². The Bertz CT molecular complexity index is 669. The van der Waals surface area contributed by atoms with Crippen molar-refractivity contribution in [1.82, 2.24) is 4.90 Å². The van der Waals surface area contributed by atoms with Gasteiger partial charge in [0.05, 0.1) is 13.2 Å². The van der Waals surface area contributed by atoms with Crippen molar-refractivity contribution < 1.29 is 14.3 Å². The molecule has 2 aromatic rings. The molecule has 0 aliphatic carbocycles. The minimum atomic E-state index is -0.255. The maximum atomic E-state index is 12.0. The average Bonchev–Trinajstić information content (AvgIpc) is 3.02. The molecule has 4 nitrogen and oxygen atoms in total. The molecule has 3 rings (SSSR count). The highest BCUT2D eigenvalue weighted by molar-refractivity contribution is 5.69. The summed E-state index contributed by atoms with van der Waals surface area (Å²) in [4.78, 5) is 13.8. The van der Waals surface area contributed by atoms with Gasteiger partial charge in [0.25, 0.3) is 0 Å². The molecule has 1 fully saturated rings. The molecule has 2 atom stereocenters. The highest BCUT2D eigenvalue weighted by atomic mass is 16.5. The van der Waals surface area contributed by atoms with E-state index in [2.05, 4.69) is 6.92 Å². The number of hydrogen-bond acceptors (Lipinski definition) is 3. The molecule has 1 unspecified atom stereocenters. The summed E-state index contributed by atoms with van der Waals surface area (Å²) >= 11 is 0. The molecule has 1 saturated heterocycles. The van der Waals surface area contributed by atoms with Crippen LogP contribution in [0.1, 0.15) is 36.9 Å². The van der Waals surface area contributed by atoms with E-state index in [4.69, 9.17) is 9.47 Å². The summed E-state index contributed by atoms with van der Waals surface area (Å²) in [5.74, 6) is 0.832. The number of hydrogen-bond donors (Lipinski definition) is 0. The predicted octanol–water partition coefficient (Wildman–Crippen LogP) is 4.56. The second kappa shape index (κ2) is 7.39. The van der Waals surface area contributed by atoms with Gasteiger partial charge in [-0.15, -0.1) is 0 Å². The van der Waals surface area contributed by atoms with Gasteiger partial charge in [0.2, 0.25) is 0 Å². The zero-order valence-corrected chi connectivity index (χ0v) is 14.1. The normalized spacial score (nSPS) is 20.0. The zero-order valence-electron chi connectivity index (χ0n) is 14.1. The third kappa shape index (κ3) is 3.53. The molecule has 1 aliphatic rings. The highest BCUT2D eigenvalue weighted by Gasteiger charge is 2.35. The molecule has 2 aromatic carbocycles. The average molecular weight is 325 g/mol. The van der Waals surface area contributed by atoms with Crippen LogP contribution < -0.4 is 4.74 Å². The molecule has 0 spiro atoms. The molecular formula is C20H23NO3. The van der Waals surface area contributed by atoms with E-state index < -0.39 is 0 Å². The number of rotatable bonds is 4. The predicted molar refractivity (Wildman–Crippen MR) is 92.9 cm³/mol. The van der Waals surface area contributed by atoms with Crippen LogP contribution >= 0.6 is 0 Å². The van der Waals surface area contributed by atoms with E-state index in [0.717, 1.165) is 29.7 Å². The third-order valence-electron chi connectivity index (χ3n) is 4.57. The molecule has 0 saturated carbocycles. The number of benzene rings is 2. The summed E-state index contributed by atoms with van der Waals surface area (Å²) in [6.07, 6.45) is 1.70. The fourth-order valence-corrected chi connectivity index (χ4v) is 3.25. The quantitative estimate of drug-likeness (QED) is 0.827. The molecular weight excluding hydrogens is 302 g/mol. The van der Waals surface area contributed by atoms with Crippen LogP contribution in [0.25, 0.3) is 0 Å². The molecule has 4 heteroatoms. The maximum absolute atomic E-state index is 12.0. The number of methoxy groups -OCH3 is 1. The first-order valence-corrected chi connectivity index (χ1v) is 8.32. The second-order valence-corrected chi connectivity index (χ2v) is 6.16. The number of ether oxygens (including phenoxy) is 2. The van der Waals surface area contributed by atoms with E-state index in [9.17, 15) is 4.79 Å². The summed E-state index contributed by atoms with van der Waals surface area (Å²) in [5, 5.41) is 0. The number of likely N-dealkylation sites (tertiary alicyclic amines) is 1. The van der Waals surface area contributed by atoms with Crippen molar-refractivity contribution in [2.45, 2.75) is 38.5 Å². The summed E-state index contributed by atoms with van der Waals surface area (Å²) in [6, 6.07) is 18.4. The van der Waals surface area contributed by atoms with Gasteiger partial charge in [-0.3, -0.25) is 4.90 Å². The molecule has 24 heavy (non-hydrogen) atoms. The molecule has 0 N–H and O–H groups in total. The van der Waals surface area contributed by atoms with Gasteiger partial charge in [-0.05, 0) is 43.0 Å². The largest absolute Gasteiger partial charge is 0.489 e. The number of nitrogens with zero attached hydrogens (tertiary/aromatic N) is 1. The van der Waals surface area contributed by atoms with Gasteiger partial charge in [0.1, 0.15) is 12.4 Å². The Balaban J connectivity index is 1.66. The van der Waals surface area contributed by atoms with Crippen molar-refractivity contribution in [1.29, 1.82) is 0 Å². The summed E-state index contributed by atoms with van der Waals surface area (Å²) in [5.41, 5.74) is 2.26. The Morgan fingerprint density at radius 3 is 2.46 bits per heavy atom. The van der Waals surface area contributed by atoms with Crippen molar-refractivity contribution in [3.05, 3.63) is 65.7 Å². The van der Waals surface area contributed by atoms with E-state index >= 15 is 0 Å². The van der Waals surface area contributed by atoms with Crippen LogP contribution in [0.5, 0.6) is 5.75 Å². The van der Waals surface area contributed by atoms with E-state index in [1.807, 2.05) is 59.5 Å². The Kier molecular flexibility index (Phi) is 5.04. The minimum Gasteiger partial charge on any atom is -0.489 e. The van der Waals surface area contributed by atoms with Crippen LogP contribution in [-0.4, -0.2) is 24.1 Å². The molecule has 1 aliphatic heterocycles. The lowest BCUT2D eigenvalue weighted by Gasteiger charge is -2.27. The summed E-state index contributed by atoms with van der Waals surface area (Å²) in [7, 11) is 1.44. The SMILES string of the molecule is COC(=O)N1C(C)CC[C@@H]1c1ccc(OCc2ccccc2)cc1. The number of carbonyl (C=O) groups excluding carboxylic acids is 1. The first kappa shape index (κ1) is 16.4. The minimum absolute atomic E-state index is 0.0793. The Morgan fingerprint density at radius 2 is 1.79 bits per heavy atom. The topological polar surface area (TPSA) is 38.8 Å². The number of carbonyl (C=O) groups is 1. The maximum Gasteiger partial charge on any atom is 0.410 e. The molecule has 126 valence electrons. The third-order valence-corrected chi connectivity index (χ3v) is 4.57. The van der Waals surface area contributed by atoms with E-state index in [-0.39, 0.29) is 18.2 Å². The van der Waals surface area contributed by atoms with Gasteiger partial charge in [0.15, 0.2) is 0 Å². The Hall–Kier alpha value is -2.49. The van der Waals surface area contributed by atoms with Gasteiger partial charge >= 0.3 is 6.09 Å². The highest BCUT2D eigenvalue weighted by Crippen LogP contribution is 2.36. The van der Waals surface area contributed by atoms with Crippen molar-refractivity contribution in [3.63, 3.8) is 0 Å². The lowest BCUT2D eigenvalue weighted by atomic mass is 10.0. The van der Waals surface area contributed by atoms with Crippen molar-refractivity contribution in [2.75, 3.05) is 7.11 Å². The lowest BCUT2D eigenvalue weighted by Crippen LogP contribution is -2.35.